The van der Waals surface area contributed by atoms with Crippen LogP contribution in [0.2, 0.25) is 0 Å². The van der Waals surface area contributed by atoms with Crippen molar-refractivity contribution in [2.45, 2.75) is 11.8 Å². The molecule has 0 saturated carbocycles. The van der Waals surface area contributed by atoms with Crippen LogP contribution >= 0.6 is 0 Å². The number of benzene rings is 4. The number of anilines is 1. The van der Waals surface area contributed by atoms with Crippen molar-refractivity contribution in [3.8, 4) is 16.8 Å². The second kappa shape index (κ2) is 8.73. The Bertz CT molecular complexity index is 1680. The normalized spacial score (nSPS) is 11.5. The van der Waals surface area contributed by atoms with Gasteiger partial charge in [0.05, 0.1) is 28.8 Å². The minimum atomic E-state index is -3.93. The number of carboxylic acid groups (broad SMARTS) is 1. The van der Waals surface area contributed by atoms with E-state index in [1.807, 2.05) is 60.7 Å². The van der Waals surface area contributed by atoms with Crippen molar-refractivity contribution in [2.24, 2.45) is 0 Å². The van der Waals surface area contributed by atoms with Crippen molar-refractivity contribution in [3.05, 3.63) is 108 Å². The molecule has 0 saturated heterocycles. The van der Waals surface area contributed by atoms with Crippen molar-refractivity contribution in [2.75, 3.05) is 4.72 Å². The van der Waals surface area contributed by atoms with E-state index in [9.17, 15) is 18.3 Å². The van der Waals surface area contributed by atoms with Gasteiger partial charge in [-0.05, 0) is 53.8 Å². The lowest BCUT2D eigenvalue weighted by Crippen LogP contribution is -2.14. The summed E-state index contributed by atoms with van der Waals surface area (Å²) in [6, 6.07) is 26.9. The lowest BCUT2D eigenvalue weighted by molar-refractivity contribution is 0.0697. The Hall–Kier alpha value is -4.43. The first-order chi connectivity index (χ1) is 16.8. The molecule has 0 bridgehead atoms. The number of nitrogens with zero attached hydrogens (tertiary/aromatic N) is 2. The molecule has 0 aliphatic rings. The lowest BCUT2D eigenvalue weighted by Gasteiger charge is -2.14. The van der Waals surface area contributed by atoms with E-state index in [0.717, 1.165) is 22.2 Å². The van der Waals surface area contributed by atoms with Gasteiger partial charge in [0.1, 0.15) is 4.90 Å². The first kappa shape index (κ1) is 22.4. The summed E-state index contributed by atoms with van der Waals surface area (Å²) in [4.78, 5) is 11.5. The van der Waals surface area contributed by atoms with E-state index < -0.39 is 16.0 Å². The van der Waals surface area contributed by atoms with Crippen LogP contribution in [0.1, 0.15) is 16.1 Å². The molecule has 4 aromatic carbocycles. The second-order valence-electron chi connectivity index (χ2n) is 8.04. The lowest BCUT2D eigenvalue weighted by atomic mass is 9.96. The summed E-state index contributed by atoms with van der Waals surface area (Å²) in [6.07, 6.45) is 1.35. The number of rotatable bonds is 6. The maximum atomic E-state index is 13.4. The van der Waals surface area contributed by atoms with Crippen LogP contribution < -0.4 is 4.72 Å². The Kier molecular flexibility index (Phi) is 5.58. The fourth-order valence-electron chi connectivity index (χ4n) is 4.15. The highest BCUT2D eigenvalue weighted by atomic mass is 32.2. The maximum absolute atomic E-state index is 13.4. The summed E-state index contributed by atoms with van der Waals surface area (Å²) >= 11 is 0. The molecular weight excluding hydrogens is 462 g/mol. The van der Waals surface area contributed by atoms with Gasteiger partial charge in [-0.2, -0.15) is 5.10 Å². The third-order valence-corrected chi connectivity index (χ3v) is 7.31. The molecule has 0 aliphatic carbocycles. The Morgan fingerprint density at radius 2 is 1.60 bits per heavy atom. The molecule has 0 atom stereocenters. The Morgan fingerprint density at radius 3 is 2.34 bits per heavy atom. The molecule has 174 valence electrons. The highest BCUT2D eigenvalue weighted by Gasteiger charge is 2.23. The van der Waals surface area contributed by atoms with Crippen LogP contribution in [0.15, 0.2) is 102 Å². The number of hydrogen-bond donors (Lipinski definition) is 2. The van der Waals surface area contributed by atoms with Gasteiger partial charge >= 0.3 is 5.97 Å². The zero-order valence-corrected chi connectivity index (χ0v) is 19.5. The average molecular weight is 484 g/mol. The monoisotopic (exact) mass is 483 g/mol. The fourth-order valence-corrected chi connectivity index (χ4v) is 5.39. The quantitative estimate of drug-likeness (QED) is 0.332. The van der Waals surface area contributed by atoms with Gasteiger partial charge in [-0.15, -0.1) is 0 Å². The SMILES string of the molecule is Cc1c(S(=O)(=O)Nc2ccc(-c3cccc(C(=O)O)c3)c3ccccc23)cnn1-c1ccccc1. The molecule has 5 aromatic rings. The van der Waals surface area contributed by atoms with E-state index >= 15 is 0 Å². The van der Waals surface area contributed by atoms with E-state index in [1.165, 1.54) is 12.3 Å². The van der Waals surface area contributed by atoms with Gasteiger partial charge in [-0.25, -0.2) is 17.9 Å². The van der Waals surface area contributed by atoms with Crippen LogP contribution in [0.3, 0.4) is 0 Å². The van der Waals surface area contributed by atoms with Gasteiger partial charge in [-0.3, -0.25) is 4.72 Å². The summed E-state index contributed by atoms with van der Waals surface area (Å²) in [7, 11) is -3.93. The molecule has 7 nitrogen and oxygen atoms in total. The Labute approximate surface area is 202 Å². The Morgan fingerprint density at radius 1 is 0.886 bits per heavy atom. The van der Waals surface area contributed by atoms with Crippen molar-refractivity contribution >= 4 is 32.5 Å². The summed E-state index contributed by atoms with van der Waals surface area (Å²) in [5.41, 5.74) is 3.41. The maximum Gasteiger partial charge on any atom is 0.335 e. The summed E-state index contributed by atoms with van der Waals surface area (Å²) in [5.74, 6) is -1.01. The average Bonchev–Trinajstić information content (AvgIpc) is 3.27. The van der Waals surface area contributed by atoms with Crippen LogP contribution in [-0.2, 0) is 10.0 Å². The molecule has 8 heteroatoms. The van der Waals surface area contributed by atoms with E-state index in [-0.39, 0.29) is 10.5 Å². The van der Waals surface area contributed by atoms with Gasteiger partial charge in [-0.1, -0.05) is 60.7 Å². The predicted octanol–water partition coefficient (Wildman–Crippen LogP) is 5.50. The predicted molar refractivity (Wildman–Crippen MR) is 135 cm³/mol. The number of nitrogens with one attached hydrogen (secondary N) is 1. The molecule has 35 heavy (non-hydrogen) atoms. The highest BCUT2D eigenvalue weighted by Crippen LogP contribution is 2.35. The molecule has 1 aromatic heterocycles. The molecule has 0 aliphatic heterocycles. The third kappa shape index (κ3) is 4.15. The number of hydrogen-bond acceptors (Lipinski definition) is 4. The number of sulfonamides is 1. The van der Waals surface area contributed by atoms with Gasteiger partial charge in [0, 0.05) is 5.39 Å². The molecule has 0 unspecified atom stereocenters. The standard InChI is InChI=1S/C27H21N3O4S/c1-18-26(17-28-30(18)21-10-3-2-4-11-21)35(33,34)29-25-15-14-22(23-12-5-6-13-24(23)25)19-8-7-9-20(16-19)27(31)32/h2-17,29H,1H3,(H,31,32). The number of aromatic nitrogens is 2. The molecule has 0 radical (unpaired) electrons. The van der Waals surface area contributed by atoms with Crippen LogP contribution in [-0.4, -0.2) is 29.3 Å². The van der Waals surface area contributed by atoms with Crippen LogP contribution in [0.4, 0.5) is 5.69 Å². The minimum absolute atomic E-state index is 0.0867. The molecule has 0 fully saturated rings. The fraction of sp³-hybridized carbons (Fsp3) is 0.0370. The topological polar surface area (TPSA) is 101 Å². The summed E-state index contributed by atoms with van der Waals surface area (Å²) in [5, 5.41) is 15.1. The Balaban J connectivity index is 1.56. The number of aromatic carboxylic acids is 1. The molecular formula is C27H21N3O4S. The van der Waals surface area contributed by atoms with Crippen molar-refractivity contribution in [3.63, 3.8) is 0 Å². The number of carbonyl (C=O) groups is 1. The highest BCUT2D eigenvalue weighted by molar-refractivity contribution is 7.92. The van der Waals surface area contributed by atoms with Crippen LogP contribution in [0, 0.1) is 6.92 Å². The molecule has 1 heterocycles. The van der Waals surface area contributed by atoms with Gasteiger partial charge < -0.3 is 5.11 Å². The van der Waals surface area contributed by atoms with E-state index in [0.29, 0.717) is 16.8 Å². The zero-order valence-electron chi connectivity index (χ0n) is 18.7. The van der Waals surface area contributed by atoms with Gasteiger partial charge in [0.2, 0.25) is 0 Å². The molecule has 5 rings (SSSR count). The largest absolute Gasteiger partial charge is 0.478 e. The van der Waals surface area contributed by atoms with Crippen molar-refractivity contribution in [1.82, 2.24) is 9.78 Å². The zero-order chi connectivity index (χ0) is 24.6. The summed E-state index contributed by atoms with van der Waals surface area (Å²) < 4.78 is 31.0. The van der Waals surface area contributed by atoms with Crippen molar-refractivity contribution < 1.29 is 18.3 Å². The second-order valence-corrected chi connectivity index (χ2v) is 9.69. The van der Waals surface area contributed by atoms with Crippen LogP contribution in [0.25, 0.3) is 27.6 Å². The molecule has 2 N–H and O–H groups in total. The first-order valence-corrected chi connectivity index (χ1v) is 12.3. The van der Waals surface area contributed by atoms with Gasteiger partial charge in [0.15, 0.2) is 0 Å². The number of para-hydroxylation sites is 1. The smallest absolute Gasteiger partial charge is 0.335 e. The third-order valence-electron chi connectivity index (χ3n) is 5.84. The first-order valence-electron chi connectivity index (χ1n) is 10.8. The summed E-state index contributed by atoms with van der Waals surface area (Å²) in [6.45, 7) is 1.71. The van der Waals surface area contributed by atoms with E-state index in [1.54, 1.807) is 35.9 Å². The van der Waals surface area contributed by atoms with Gasteiger partial charge in [0.25, 0.3) is 10.0 Å². The van der Waals surface area contributed by atoms with Crippen molar-refractivity contribution in [1.29, 1.82) is 0 Å². The van der Waals surface area contributed by atoms with E-state index in [4.69, 9.17) is 0 Å². The molecule has 0 spiro atoms. The minimum Gasteiger partial charge on any atom is -0.478 e. The van der Waals surface area contributed by atoms with Crippen LogP contribution in [0.5, 0.6) is 0 Å². The number of fused-ring (bicyclic) bond motifs is 1. The van der Waals surface area contributed by atoms with E-state index in [2.05, 4.69) is 9.82 Å². The molecule has 0 amide bonds. The number of carboxylic acids is 1.